The molecule has 1 unspecified atom stereocenters. The fourth-order valence-electron chi connectivity index (χ4n) is 1.65. The Bertz CT molecular complexity index is 712. The van der Waals surface area contributed by atoms with Crippen LogP contribution in [-0.2, 0) is 34.1 Å². The molecule has 1 saturated heterocycles. The van der Waals surface area contributed by atoms with E-state index in [2.05, 4.69) is 16.7 Å². The number of amides is 3. The van der Waals surface area contributed by atoms with Crippen molar-refractivity contribution >= 4 is 55.4 Å². The number of carbonyl (C=O) groups is 4. The molecule has 0 aromatic carbocycles. The fraction of sp³-hybridized carbons (Fsp3) is 0.538. The average molecular weight is 448 g/mol. The molecule has 1 rings (SSSR count). The Morgan fingerprint density at radius 1 is 1.33 bits per heavy atom. The predicted molar refractivity (Wildman–Crippen MR) is 93.4 cm³/mol. The van der Waals surface area contributed by atoms with E-state index < -0.39 is 39.6 Å². The van der Waals surface area contributed by atoms with Gasteiger partial charge < -0.3 is 14.7 Å². The zero-order valence-corrected chi connectivity index (χ0v) is 19.2. The summed E-state index contributed by atoms with van der Waals surface area (Å²) in [5, 5.41) is 0.617. The fourth-order valence-corrected chi connectivity index (χ4v) is 4.22. The molecule has 1 N–H and O–H groups in total. The summed E-state index contributed by atoms with van der Waals surface area (Å²) in [5.41, 5.74) is 0.406. The second-order valence-electron chi connectivity index (χ2n) is 5.11. The number of nitrogens with one attached hydrogen (secondary N) is 1. The molecular weight excluding hydrogens is 431 g/mol. The number of carbonyl (C=O) groups excluding carboxylic acids is 4. The summed E-state index contributed by atoms with van der Waals surface area (Å²) < 4.78 is 32.6. The van der Waals surface area contributed by atoms with Gasteiger partial charge in [0, 0.05) is 23.6 Å². The molecule has 0 aromatic rings. The molecule has 1 heterocycles. The van der Waals surface area contributed by atoms with Crippen molar-refractivity contribution in [3.8, 4) is 0 Å². The first-order chi connectivity index (χ1) is 12.0. The van der Waals surface area contributed by atoms with Gasteiger partial charge in [-0.15, -0.1) is 5.06 Å². The second-order valence-corrected chi connectivity index (χ2v) is 9.36. The van der Waals surface area contributed by atoms with Crippen molar-refractivity contribution in [2.24, 2.45) is 0 Å². The van der Waals surface area contributed by atoms with Crippen molar-refractivity contribution in [2.45, 2.75) is 25.0 Å². The number of hydrogen-bond donors (Lipinski definition) is 1. The third kappa shape index (κ3) is 8.98. The van der Waals surface area contributed by atoms with Crippen LogP contribution in [0.15, 0.2) is 12.2 Å². The molecule has 27 heavy (non-hydrogen) atoms. The third-order valence-corrected chi connectivity index (χ3v) is 6.41. The largest absolute Gasteiger partial charge is 1.00 e. The van der Waals surface area contributed by atoms with Crippen LogP contribution in [0.4, 0.5) is 0 Å². The predicted octanol–water partition coefficient (Wildman–Crippen LogP) is -3.41. The van der Waals surface area contributed by atoms with Crippen LogP contribution in [0.1, 0.15) is 19.8 Å². The molecule has 3 amide bonds. The molecule has 0 aliphatic carbocycles. The summed E-state index contributed by atoms with van der Waals surface area (Å²) in [6.45, 7) is 5.51. The summed E-state index contributed by atoms with van der Waals surface area (Å²) in [4.78, 5) is 50.5. The van der Waals surface area contributed by atoms with Gasteiger partial charge in [0.05, 0.1) is 12.8 Å². The molecular formula is C13H17N2NaO8S3. The maximum Gasteiger partial charge on any atom is 1.00 e. The molecule has 1 aliphatic rings. The van der Waals surface area contributed by atoms with Gasteiger partial charge in [-0.1, -0.05) is 28.2 Å². The van der Waals surface area contributed by atoms with E-state index in [0.717, 1.165) is 0 Å². The number of rotatable bonds is 10. The molecule has 0 saturated carbocycles. The monoisotopic (exact) mass is 448 g/mol. The topological polar surface area (TPSA) is 150 Å². The van der Waals surface area contributed by atoms with E-state index in [0.29, 0.717) is 23.6 Å². The standard InChI is InChI=1S/C13H18N2O8S3.Na/c1-8(2)12(18)14-4-6-25-24-5-3-11(17)23-15-10(16)7-9(13(15)19)26(20,21)22;/h9H,1,3-7H2,2H3,(H,14,18)(H,20,21,22);/q;+1/p-1. The number of nitrogens with zero attached hydrogens (tertiary/aromatic N) is 1. The van der Waals surface area contributed by atoms with Gasteiger partial charge in [0.1, 0.15) is 15.4 Å². The van der Waals surface area contributed by atoms with Gasteiger partial charge >= 0.3 is 35.5 Å². The first kappa shape index (κ1) is 26.4. The van der Waals surface area contributed by atoms with Crippen molar-refractivity contribution < 1.29 is 66.5 Å². The van der Waals surface area contributed by atoms with E-state index in [-0.39, 0.29) is 46.9 Å². The van der Waals surface area contributed by atoms with Gasteiger partial charge in [-0.05, 0) is 6.92 Å². The van der Waals surface area contributed by atoms with E-state index in [9.17, 15) is 32.1 Å². The summed E-state index contributed by atoms with van der Waals surface area (Å²) >= 11 is 0. The van der Waals surface area contributed by atoms with E-state index >= 15 is 0 Å². The maximum atomic E-state index is 11.6. The first-order valence-corrected chi connectivity index (χ1v) is 11.2. The second kappa shape index (κ2) is 12.1. The van der Waals surface area contributed by atoms with Gasteiger partial charge in [-0.25, -0.2) is 13.2 Å². The summed E-state index contributed by atoms with van der Waals surface area (Å²) in [6, 6.07) is 0. The SMILES string of the molecule is C=C(C)C(=O)NCCSSCCC(=O)ON1C(=O)CC(S(=O)(=O)[O-])C1=O.[Na+]. The Labute approximate surface area is 186 Å². The van der Waals surface area contributed by atoms with Crippen LogP contribution in [0, 0.1) is 0 Å². The first-order valence-electron chi connectivity index (χ1n) is 7.24. The van der Waals surface area contributed by atoms with Crippen LogP contribution in [-0.4, -0.2) is 65.0 Å². The van der Waals surface area contributed by atoms with E-state index in [4.69, 9.17) is 0 Å². The molecule has 0 radical (unpaired) electrons. The van der Waals surface area contributed by atoms with Gasteiger partial charge in [0.25, 0.3) is 11.8 Å². The van der Waals surface area contributed by atoms with Crippen molar-refractivity contribution in [1.29, 1.82) is 0 Å². The summed E-state index contributed by atoms with van der Waals surface area (Å²) in [7, 11) is -2.28. The maximum absolute atomic E-state index is 11.6. The molecule has 1 aliphatic heterocycles. The molecule has 0 aromatic heterocycles. The van der Waals surface area contributed by atoms with Gasteiger partial charge in [0.2, 0.25) is 5.91 Å². The van der Waals surface area contributed by atoms with Crippen molar-refractivity contribution in [3.05, 3.63) is 12.2 Å². The minimum Gasteiger partial charge on any atom is -0.747 e. The Hall–Kier alpha value is -0.570. The zero-order chi connectivity index (χ0) is 19.9. The minimum atomic E-state index is -4.99. The zero-order valence-electron chi connectivity index (χ0n) is 14.8. The van der Waals surface area contributed by atoms with Crippen LogP contribution < -0.4 is 34.9 Å². The molecule has 1 fully saturated rings. The molecule has 0 bridgehead atoms. The molecule has 14 heteroatoms. The van der Waals surface area contributed by atoms with Gasteiger partial charge in [-0.3, -0.25) is 14.4 Å². The van der Waals surface area contributed by atoms with E-state index in [1.807, 2.05) is 0 Å². The number of hydrogen-bond acceptors (Lipinski definition) is 10. The van der Waals surface area contributed by atoms with Crippen molar-refractivity contribution in [2.75, 3.05) is 18.1 Å². The third-order valence-electron chi connectivity index (χ3n) is 2.94. The number of hydroxylamine groups is 2. The number of imide groups is 1. The Morgan fingerprint density at radius 3 is 2.44 bits per heavy atom. The molecule has 10 nitrogen and oxygen atoms in total. The van der Waals surface area contributed by atoms with E-state index in [1.54, 1.807) is 6.92 Å². The average Bonchev–Trinajstić information content (AvgIpc) is 2.81. The van der Waals surface area contributed by atoms with Crippen LogP contribution >= 0.6 is 21.6 Å². The Kier molecular flexibility index (Phi) is 11.8. The van der Waals surface area contributed by atoms with E-state index in [1.165, 1.54) is 21.6 Å². The van der Waals surface area contributed by atoms with Crippen molar-refractivity contribution in [3.63, 3.8) is 0 Å². The summed E-state index contributed by atoms with van der Waals surface area (Å²) in [5.74, 6) is -2.66. The van der Waals surface area contributed by atoms with Gasteiger partial charge in [0.15, 0.2) is 0 Å². The van der Waals surface area contributed by atoms with Gasteiger partial charge in [-0.2, -0.15) is 0 Å². The molecule has 1 atom stereocenters. The van der Waals surface area contributed by atoms with Crippen LogP contribution in [0.5, 0.6) is 0 Å². The Balaban J connectivity index is 0.00000676. The quantitative estimate of drug-likeness (QED) is 0.0894. The Morgan fingerprint density at radius 2 is 1.93 bits per heavy atom. The smallest absolute Gasteiger partial charge is 0.747 e. The molecule has 146 valence electrons. The van der Waals surface area contributed by atoms with Crippen LogP contribution in [0.2, 0.25) is 0 Å². The normalized spacial score (nSPS) is 16.7. The van der Waals surface area contributed by atoms with Crippen LogP contribution in [0.25, 0.3) is 0 Å². The molecule has 0 spiro atoms. The summed E-state index contributed by atoms with van der Waals surface area (Å²) in [6.07, 6.45) is -0.972. The van der Waals surface area contributed by atoms with Crippen molar-refractivity contribution in [1.82, 2.24) is 10.4 Å². The van der Waals surface area contributed by atoms with Crippen LogP contribution in [0.3, 0.4) is 0 Å². The minimum absolute atomic E-state index is 0.